The van der Waals surface area contributed by atoms with Crippen LogP contribution in [0.25, 0.3) is 0 Å². The molecule has 0 bridgehead atoms. The third-order valence-electron chi connectivity index (χ3n) is 2.06. The highest BCUT2D eigenvalue weighted by Crippen LogP contribution is 2.20. The maximum Gasteiger partial charge on any atom is 0.224 e. The van der Waals surface area contributed by atoms with Crippen LogP contribution in [0.5, 0.6) is 0 Å². The molecule has 0 aliphatic rings. The van der Waals surface area contributed by atoms with Crippen molar-refractivity contribution in [3.8, 4) is 0 Å². The van der Waals surface area contributed by atoms with Crippen LogP contribution in [0.2, 0.25) is 10.3 Å². The minimum absolute atomic E-state index is 0.108. The number of nitrogens with zero attached hydrogens (tertiary/aromatic N) is 2. The summed E-state index contributed by atoms with van der Waals surface area (Å²) in [5.74, 6) is 0.145. The van der Waals surface area contributed by atoms with E-state index in [-0.39, 0.29) is 11.1 Å². The van der Waals surface area contributed by atoms with E-state index in [4.69, 9.17) is 23.2 Å². The van der Waals surface area contributed by atoms with E-state index in [0.717, 1.165) is 5.56 Å². The zero-order valence-corrected chi connectivity index (χ0v) is 10.1. The number of aromatic nitrogens is 2. The topological polar surface area (TPSA) is 37.8 Å². The van der Waals surface area contributed by atoms with Crippen LogP contribution in [-0.2, 0) is 6.54 Å². The Kier molecular flexibility index (Phi) is 3.76. The molecule has 0 radical (unpaired) electrons. The summed E-state index contributed by atoms with van der Waals surface area (Å²) < 4.78 is 12.9. The zero-order valence-electron chi connectivity index (χ0n) is 8.62. The van der Waals surface area contributed by atoms with Gasteiger partial charge in [0.2, 0.25) is 5.28 Å². The normalized spacial score (nSPS) is 10.3. The fraction of sp³-hybridized carbons (Fsp3) is 0.0909. The lowest BCUT2D eigenvalue weighted by Crippen LogP contribution is -2.03. The number of halogens is 3. The summed E-state index contributed by atoms with van der Waals surface area (Å²) in [7, 11) is 0. The SMILES string of the molecule is Fc1cccc(CNc2nc(Cl)ncc2Cl)c1. The molecule has 1 heterocycles. The van der Waals surface area contributed by atoms with Crippen LogP contribution in [0, 0.1) is 5.82 Å². The molecule has 0 atom stereocenters. The van der Waals surface area contributed by atoms with Gasteiger partial charge in [0.25, 0.3) is 0 Å². The third kappa shape index (κ3) is 3.28. The molecule has 2 aromatic rings. The first kappa shape index (κ1) is 12.1. The van der Waals surface area contributed by atoms with Gasteiger partial charge in [-0.15, -0.1) is 0 Å². The van der Waals surface area contributed by atoms with Crippen molar-refractivity contribution in [2.45, 2.75) is 6.54 Å². The van der Waals surface area contributed by atoms with E-state index in [9.17, 15) is 4.39 Å². The molecular formula is C11H8Cl2FN3. The van der Waals surface area contributed by atoms with E-state index in [1.54, 1.807) is 12.1 Å². The average Bonchev–Trinajstić information content (AvgIpc) is 2.30. The zero-order chi connectivity index (χ0) is 12.3. The highest BCUT2D eigenvalue weighted by molar-refractivity contribution is 6.33. The largest absolute Gasteiger partial charge is 0.365 e. The number of anilines is 1. The molecule has 0 fully saturated rings. The third-order valence-corrected chi connectivity index (χ3v) is 2.52. The second-order valence-electron chi connectivity index (χ2n) is 3.32. The molecule has 0 aliphatic carbocycles. The molecule has 1 aromatic carbocycles. The minimum atomic E-state index is -0.281. The van der Waals surface area contributed by atoms with Crippen LogP contribution in [0.3, 0.4) is 0 Å². The number of rotatable bonds is 3. The molecule has 6 heteroatoms. The molecule has 3 nitrogen and oxygen atoms in total. The Morgan fingerprint density at radius 2 is 2.12 bits per heavy atom. The molecule has 0 amide bonds. The number of hydrogen-bond acceptors (Lipinski definition) is 3. The lowest BCUT2D eigenvalue weighted by Gasteiger charge is -2.07. The van der Waals surface area contributed by atoms with Gasteiger partial charge in [-0.2, -0.15) is 4.98 Å². The van der Waals surface area contributed by atoms with Crippen molar-refractivity contribution >= 4 is 29.0 Å². The molecule has 1 aromatic heterocycles. The lowest BCUT2D eigenvalue weighted by molar-refractivity contribution is 0.626. The van der Waals surface area contributed by atoms with E-state index < -0.39 is 0 Å². The van der Waals surface area contributed by atoms with Gasteiger partial charge in [0.15, 0.2) is 0 Å². The molecule has 0 spiro atoms. The highest BCUT2D eigenvalue weighted by atomic mass is 35.5. The average molecular weight is 272 g/mol. The number of nitrogens with one attached hydrogen (secondary N) is 1. The molecule has 88 valence electrons. The van der Waals surface area contributed by atoms with Gasteiger partial charge in [-0.3, -0.25) is 0 Å². The van der Waals surface area contributed by atoms with Gasteiger partial charge in [0, 0.05) is 6.54 Å². The first-order valence-corrected chi connectivity index (χ1v) is 5.57. The van der Waals surface area contributed by atoms with Crippen LogP contribution in [0.15, 0.2) is 30.5 Å². The van der Waals surface area contributed by atoms with Crippen molar-refractivity contribution in [1.29, 1.82) is 0 Å². The van der Waals surface area contributed by atoms with Gasteiger partial charge < -0.3 is 5.32 Å². The van der Waals surface area contributed by atoms with Gasteiger partial charge in [-0.25, -0.2) is 9.37 Å². The monoisotopic (exact) mass is 271 g/mol. The fourth-order valence-electron chi connectivity index (χ4n) is 1.30. The summed E-state index contributed by atoms with van der Waals surface area (Å²) >= 11 is 11.5. The Morgan fingerprint density at radius 3 is 2.88 bits per heavy atom. The molecular weight excluding hydrogens is 264 g/mol. The van der Waals surface area contributed by atoms with Gasteiger partial charge in [0.05, 0.1) is 6.20 Å². The molecule has 0 unspecified atom stereocenters. The van der Waals surface area contributed by atoms with E-state index in [0.29, 0.717) is 17.4 Å². The molecule has 0 aliphatic heterocycles. The molecule has 0 saturated carbocycles. The van der Waals surface area contributed by atoms with Gasteiger partial charge in [0.1, 0.15) is 16.7 Å². The van der Waals surface area contributed by atoms with Crippen molar-refractivity contribution in [3.05, 3.63) is 52.1 Å². The Morgan fingerprint density at radius 1 is 1.29 bits per heavy atom. The number of benzene rings is 1. The van der Waals surface area contributed by atoms with Gasteiger partial charge in [-0.05, 0) is 29.3 Å². The van der Waals surface area contributed by atoms with E-state index in [1.165, 1.54) is 18.3 Å². The van der Waals surface area contributed by atoms with Gasteiger partial charge >= 0.3 is 0 Å². The first-order chi connectivity index (χ1) is 8.15. The Labute approximate surface area is 108 Å². The van der Waals surface area contributed by atoms with Crippen molar-refractivity contribution in [2.75, 3.05) is 5.32 Å². The van der Waals surface area contributed by atoms with E-state index in [1.807, 2.05) is 0 Å². The summed E-state index contributed by atoms with van der Waals surface area (Å²) in [6.07, 6.45) is 1.41. The quantitative estimate of drug-likeness (QED) is 0.868. The lowest BCUT2D eigenvalue weighted by atomic mass is 10.2. The smallest absolute Gasteiger partial charge is 0.224 e. The Hall–Kier alpha value is -1.39. The molecule has 17 heavy (non-hydrogen) atoms. The molecule has 1 N–H and O–H groups in total. The highest BCUT2D eigenvalue weighted by Gasteiger charge is 2.04. The first-order valence-electron chi connectivity index (χ1n) is 4.81. The standard InChI is InChI=1S/C11H8Cl2FN3/c12-9-6-16-11(13)17-10(9)15-5-7-2-1-3-8(14)4-7/h1-4,6H,5H2,(H,15,16,17). The van der Waals surface area contributed by atoms with Crippen LogP contribution in [-0.4, -0.2) is 9.97 Å². The Balaban J connectivity index is 2.09. The van der Waals surface area contributed by atoms with Crippen LogP contribution in [0.4, 0.5) is 10.2 Å². The summed E-state index contributed by atoms with van der Waals surface area (Å²) in [6.45, 7) is 0.408. The maximum atomic E-state index is 12.9. The maximum absolute atomic E-state index is 12.9. The second kappa shape index (κ2) is 5.29. The summed E-state index contributed by atoms with van der Waals surface area (Å²) in [6, 6.07) is 6.26. The summed E-state index contributed by atoms with van der Waals surface area (Å²) in [5.41, 5.74) is 0.788. The van der Waals surface area contributed by atoms with Crippen molar-refractivity contribution in [3.63, 3.8) is 0 Å². The fourth-order valence-corrected chi connectivity index (χ4v) is 1.59. The predicted octanol–water partition coefficient (Wildman–Crippen LogP) is 3.53. The summed E-state index contributed by atoms with van der Waals surface area (Å²) in [4.78, 5) is 7.66. The molecule has 2 rings (SSSR count). The number of hydrogen-bond donors (Lipinski definition) is 1. The minimum Gasteiger partial charge on any atom is -0.365 e. The predicted molar refractivity (Wildman–Crippen MR) is 65.8 cm³/mol. The van der Waals surface area contributed by atoms with Crippen molar-refractivity contribution in [2.24, 2.45) is 0 Å². The van der Waals surface area contributed by atoms with Crippen LogP contribution < -0.4 is 5.32 Å². The van der Waals surface area contributed by atoms with Crippen LogP contribution in [0.1, 0.15) is 5.56 Å². The van der Waals surface area contributed by atoms with Crippen molar-refractivity contribution in [1.82, 2.24) is 9.97 Å². The molecule has 0 saturated heterocycles. The summed E-state index contributed by atoms with van der Waals surface area (Å²) in [5, 5.41) is 3.44. The second-order valence-corrected chi connectivity index (χ2v) is 4.06. The van der Waals surface area contributed by atoms with Gasteiger partial charge in [-0.1, -0.05) is 23.7 Å². The Bertz CT molecular complexity index is 534. The van der Waals surface area contributed by atoms with Crippen molar-refractivity contribution < 1.29 is 4.39 Å². The van der Waals surface area contributed by atoms with E-state index >= 15 is 0 Å². The van der Waals surface area contributed by atoms with Crippen LogP contribution >= 0.6 is 23.2 Å². The van der Waals surface area contributed by atoms with E-state index in [2.05, 4.69) is 15.3 Å².